The van der Waals surface area contributed by atoms with Crippen LogP contribution in [-0.2, 0) is 4.79 Å². The van der Waals surface area contributed by atoms with Gasteiger partial charge in [0.25, 0.3) is 5.91 Å². The van der Waals surface area contributed by atoms with Gasteiger partial charge in [0.1, 0.15) is 5.75 Å². The normalized spacial score (nSPS) is 12.0. The zero-order chi connectivity index (χ0) is 18.5. The smallest absolute Gasteiger partial charge is 0.258 e. The Morgan fingerprint density at radius 2 is 1.73 bits per heavy atom. The SMILES string of the molecule is CC[C@@H](NC(=O)COc1ccc2cc(Br)ccc2c1)c1ccc(C)cc1. The van der Waals surface area contributed by atoms with Crippen LogP contribution in [0.3, 0.4) is 0 Å². The topological polar surface area (TPSA) is 38.3 Å². The van der Waals surface area contributed by atoms with Crippen LogP contribution in [0.15, 0.2) is 65.1 Å². The van der Waals surface area contributed by atoms with Gasteiger partial charge in [0.15, 0.2) is 6.61 Å². The number of amides is 1. The van der Waals surface area contributed by atoms with Crippen molar-refractivity contribution < 1.29 is 9.53 Å². The number of carbonyl (C=O) groups excluding carboxylic acids is 1. The summed E-state index contributed by atoms with van der Waals surface area (Å²) >= 11 is 3.47. The number of rotatable bonds is 6. The van der Waals surface area contributed by atoms with Crippen molar-refractivity contribution in [1.29, 1.82) is 0 Å². The van der Waals surface area contributed by atoms with Crippen LogP contribution in [0.1, 0.15) is 30.5 Å². The van der Waals surface area contributed by atoms with Crippen molar-refractivity contribution in [3.05, 3.63) is 76.3 Å². The van der Waals surface area contributed by atoms with Crippen molar-refractivity contribution in [2.45, 2.75) is 26.3 Å². The van der Waals surface area contributed by atoms with Crippen LogP contribution < -0.4 is 10.1 Å². The van der Waals surface area contributed by atoms with Gasteiger partial charge in [-0.3, -0.25) is 4.79 Å². The molecule has 0 heterocycles. The Labute approximate surface area is 162 Å². The molecule has 0 bridgehead atoms. The van der Waals surface area contributed by atoms with E-state index < -0.39 is 0 Å². The van der Waals surface area contributed by atoms with Crippen molar-refractivity contribution in [3.63, 3.8) is 0 Å². The molecule has 0 radical (unpaired) electrons. The first kappa shape index (κ1) is 18.5. The molecule has 0 saturated heterocycles. The van der Waals surface area contributed by atoms with Crippen molar-refractivity contribution in [2.75, 3.05) is 6.61 Å². The highest BCUT2D eigenvalue weighted by Gasteiger charge is 2.13. The van der Waals surface area contributed by atoms with Crippen LogP contribution >= 0.6 is 15.9 Å². The summed E-state index contributed by atoms with van der Waals surface area (Å²) in [6.07, 6.45) is 0.833. The molecule has 4 heteroatoms. The zero-order valence-corrected chi connectivity index (χ0v) is 16.5. The third kappa shape index (κ3) is 4.64. The van der Waals surface area contributed by atoms with E-state index in [1.807, 2.05) is 30.3 Å². The minimum atomic E-state index is -0.117. The molecule has 1 atom stereocenters. The van der Waals surface area contributed by atoms with Crippen molar-refractivity contribution in [2.24, 2.45) is 0 Å². The molecule has 1 N–H and O–H groups in total. The number of halogens is 1. The van der Waals surface area contributed by atoms with Crippen LogP contribution in [0, 0.1) is 6.92 Å². The molecule has 26 heavy (non-hydrogen) atoms. The molecular formula is C22H22BrNO2. The third-order valence-electron chi connectivity index (χ3n) is 4.37. The fourth-order valence-corrected chi connectivity index (χ4v) is 3.27. The first-order chi connectivity index (χ1) is 12.5. The quantitative estimate of drug-likeness (QED) is 0.576. The molecule has 0 aliphatic carbocycles. The molecule has 1 amide bonds. The van der Waals surface area contributed by atoms with E-state index in [4.69, 9.17) is 4.74 Å². The Morgan fingerprint density at radius 1 is 1.04 bits per heavy atom. The van der Waals surface area contributed by atoms with Crippen molar-refractivity contribution >= 4 is 32.6 Å². The van der Waals surface area contributed by atoms with E-state index in [9.17, 15) is 4.79 Å². The van der Waals surface area contributed by atoms with E-state index in [1.54, 1.807) is 0 Å². The van der Waals surface area contributed by atoms with Gasteiger partial charge >= 0.3 is 0 Å². The fraction of sp³-hybridized carbons (Fsp3) is 0.227. The molecule has 0 saturated carbocycles. The van der Waals surface area contributed by atoms with E-state index >= 15 is 0 Å². The van der Waals surface area contributed by atoms with Crippen LogP contribution in [0.4, 0.5) is 0 Å². The predicted octanol–water partition coefficient (Wildman–Crippen LogP) is 5.56. The second kappa shape index (κ2) is 8.37. The van der Waals surface area contributed by atoms with E-state index in [2.05, 4.69) is 65.4 Å². The first-order valence-electron chi connectivity index (χ1n) is 8.73. The van der Waals surface area contributed by atoms with Crippen molar-refractivity contribution in [3.8, 4) is 5.75 Å². The Morgan fingerprint density at radius 3 is 2.46 bits per heavy atom. The minimum absolute atomic E-state index is 0.000605. The Balaban J connectivity index is 1.61. The molecule has 3 aromatic rings. The summed E-state index contributed by atoms with van der Waals surface area (Å²) in [7, 11) is 0. The molecule has 0 unspecified atom stereocenters. The molecule has 0 spiro atoms. The number of carbonyl (C=O) groups is 1. The maximum Gasteiger partial charge on any atom is 0.258 e. The van der Waals surface area contributed by atoms with Gasteiger partial charge in [-0.2, -0.15) is 0 Å². The number of fused-ring (bicyclic) bond motifs is 1. The highest BCUT2D eigenvalue weighted by molar-refractivity contribution is 9.10. The molecular weight excluding hydrogens is 390 g/mol. The van der Waals surface area contributed by atoms with Gasteiger partial charge in [-0.25, -0.2) is 0 Å². The summed E-state index contributed by atoms with van der Waals surface area (Å²) < 4.78 is 6.72. The highest BCUT2D eigenvalue weighted by Crippen LogP contribution is 2.24. The van der Waals surface area contributed by atoms with Gasteiger partial charge in [-0.05, 0) is 53.9 Å². The molecule has 3 rings (SSSR count). The molecule has 3 nitrogen and oxygen atoms in total. The number of benzene rings is 3. The maximum absolute atomic E-state index is 12.3. The number of nitrogens with one attached hydrogen (secondary N) is 1. The summed E-state index contributed by atoms with van der Waals surface area (Å²) in [5.74, 6) is 0.576. The molecule has 0 aliphatic rings. The summed E-state index contributed by atoms with van der Waals surface area (Å²) in [5, 5.41) is 5.25. The average molecular weight is 412 g/mol. The molecule has 134 valence electrons. The van der Waals surface area contributed by atoms with Crippen LogP contribution in [0.25, 0.3) is 10.8 Å². The fourth-order valence-electron chi connectivity index (χ4n) is 2.89. The highest BCUT2D eigenvalue weighted by atomic mass is 79.9. The van der Waals surface area contributed by atoms with Crippen LogP contribution in [0.5, 0.6) is 5.75 Å². The molecule has 0 aliphatic heterocycles. The van der Waals surface area contributed by atoms with Gasteiger partial charge in [-0.15, -0.1) is 0 Å². The molecule has 3 aromatic carbocycles. The molecule has 0 fully saturated rings. The number of aryl methyl sites for hydroxylation is 1. The maximum atomic E-state index is 12.3. The largest absolute Gasteiger partial charge is 0.484 e. The second-order valence-electron chi connectivity index (χ2n) is 6.38. The van der Waals surface area contributed by atoms with Crippen LogP contribution in [0.2, 0.25) is 0 Å². The Bertz CT molecular complexity index is 906. The van der Waals surface area contributed by atoms with E-state index in [1.165, 1.54) is 5.56 Å². The van der Waals surface area contributed by atoms with Gasteiger partial charge < -0.3 is 10.1 Å². The lowest BCUT2D eigenvalue weighted by atomic mass is 10.0. The summed E-state index contributed by atoms with van der Waals surface area (Å²) in [4.78, 5) is 12.3. The summed E-state index contributed by atoms with van der Waals surface area (Å²) in [6, 6.07) is 20.2. The number of ether oxygens (including phenoxy) is 1. The standard InChI is InChI=1S/C22H22BrNO2/c1-3-21(16-6-4-15(2)5-7-16)24-22(25)14-26-20-11-9-17-12-19(23)10-8-18(17)13-20/h4-13,21H,3,14H2,1-2H3,(H,24,25)/t21-/m1/s1. The van der Waals surface area contributed by atoms with Crippen molar-refractivity contribution in [1.82, 2.24) is 5.32 Å². The second-order valence-corrected chi connectivity index (χ2v) is 7.30. The van der Waals surface area contributed by atoms with Gasteiger partial charge in [0.05, 0.1) is 6.04 Å². The lowest BCUT2D eigenvalue weighted by Crippen LogP contribution is -2.32. The zero-order valence-electron chi connectivity index (χ0n) is 15.0. The lowest BCUT2D eigenvalue weighted by Gasteiger charge is -2.18. The Hall–Kier alpha value is -2.33. The van der Waals surface area contributed by atoms with Gasteiger partial charge in [0.2, 0.25) is 0 Å². The van der Waals surface area contributed by atoms with E-state index in [0.717, 1.165) is 27.2 Å². The monoisotopic (exact) mass is 411 g/mol. The molecule has 0 aromatic heterocycles. The van der Waals surface area contributed by atoms with E-state index in [-0.39, 0.29) is 18.6 Å². The summed E-state index contributed by atoms with van der Waals surface area (Å²) in [6.45, 7) is 4.12. The number of hydrogen-bond acceptors (Lipinski definition) is 2. The Kier molecular flexibility index (Phi) is 5.94. The third-order valence-corrected chi connectivity index (χ3v) is 4.86. The lowest BCUT2D eigenvalue weighted by molar-refractivity contribution is -0.123. The van der Waals surface area contributed by atoms with Gasteiger partial charge in [-0.1, -0.05) is 64.8 Å². The minimum Gasteiger partial charge on any atom is -0.484 e. The number of hydrogen-bond donors (Lipinski definition) is 1. The first-order valence-corrected chi connectivity index (χ1v) is 9.52. The van der Waals surface area contributed by atoms with E-state index in [0.29, 0.717) is 5.75 Å². The van der Waals surface area contributed by atoms with Crippen LogP contribution in [-0.4, -0.2) is 12.5 Å². The van der Waals surface area contributed by atoms with Gasteiger partial charge in [0, 0.05) is 4.47 Å². The average Bonchev–Trinajstić information content (AvgIpc) is 2.65. The predicted molar refractivity (Wildman–Crippen MR) is 109 cm³/mol. The summed E-state index contributed by atoms with van der Waals surface area (Å²) in [5.41, 5.74) is 2.32.